The van der Waals surface area contributed by atoms with Gasteiger partial charge in [0.2, 0.25) is 0 Å². The fourth-order valence-corrected chi connectivity index (χ4v) is 2.51. The Morgan fingerprint density at radius 1 is 1.30 bits per heavy atom. The van der Waals surface area contributed by atoms with Crippen molar-refractivity contribution < 1.29 is 14.3 Å². The fraction of sp³-hybridized carbons (Fsp3) is 0.267. The number of ether oxygens (including phenoxy) is 2. The number of H-pyrrole nitrogens is 1. The number of esters is 1. The summed E-state index contributed by atoms with van der Waals surface area (Å²) >= 11 is 3.52. The van der Waals surface area contributed by atoms with Gasteiger partial charge in [-0.25, -0.2) is 4.79 Å². The molecule has 0 atom stereocenters. The number of methoxy groups -OCH3 is 1. The Morgan fingerprint density at radius 2 is 1.95 bits per heavy atom. The van der Waals surface area contributed by atoms with E-state index in [1.54, 1.807) is 14.0 Å². The van der Waals surface area contributed by atoms with Crippen LogP contribution in [0.1, 0.15) is 23.1 Å². The van der Waals surface area contributed by atoms with E-state index in [2.05, 4.69) is 20.9 Å². The first-order valence-electron chi connectivity index (χ1n) is 6.28. The fourth-order valence-electron chi connectivity index (χ4n) is 1.99. The van der Waals surface area contributed by atoms with Crippen LogP contribution in [0, 0.1) is 6.92 Å². The maximum absolute atomic E-state index is 12.0. The highest BCUT2D eigenvalue weighted by molar-refractivity contribution is 9.10. The minimum Gasteiger partial charge on any atom is -0.497 e. The van der Waals surface area contributed by atoms with E-state index < -0.39 is 0 Å². The Kier molecular flexibility index (Phi) is 4.49. The molecular weight excluding hydrogens is 322 g/mol. The molecule has 2 rings (SSSR count). The molecule has 0 aliphatic heterocycles. The zero-order chi connectivity index (χ0) is 14.7. The molecule has 0 aliphatic rings. The largest absolute Gasteiger partial charge is 0.497 e. The van der Waals surface area contributed by atoms with Crippen molar-refractivity contribution in [1.82, 2.24) is 4.98 Å². The van der Waals surface area contributed by atoms with Crippen LogP contribution >= 0.6 is 15.9 Å². The van der Waals surface area contributed by atoms with Gasteiger partial charge in [-0.3, -0.25) is 0 Å². The topological polar surface area (TPSA) is 51.3 Å². The van der Waals surface area contributed by atoms with Gasteiger partial charge in [0.05, 0.1) is 13.7 Å². The number of aromatic nitrogens is 1. The van der Waals surface area contributed by atoms with Gasteiger partial charge >= 0.3 is 5.97 Å². The standard InChI is InChI=1S/C15H16BrNO3/c1-4-20-15(18)14-12(13(16)9(2)17-14)10-5-7-11(19-3)8-6-10/h5-8,17H,4H2,1-3H3. The quantitative estimate of drug-likeness (QED) is 0.859. The Balaban J connectivity index is 2.51. The normalized spacial score (nSPS) is 10.4. The molecule has 5 heteroatoms. The number of aryl methyl sites for hydroxylation is 1. The van der Waals surface area contributed by atoms with Crippen molar-refractivity contribution >= 4 is 21.9 Å². The molecule has 106 valence electrons. The summed E-state index contributed by atoms with van der Waals surface area (Å²) in [6.45, 7) is 4.03. The van der Waals surface area contributed by atoms with Gasteiger partial charge in [0.1, 0.15) is 11.4 Å². The van der Waals surface area contributed by atoms with Gasteiger partial charge in [0.25, 0.3) is 0 Å². The van der Waals surface area contributed by atoms with Crippen molar-refractivity contribution in [2.45, 2.75) is 13.8 Å². The van der Waals surface area contributed by atoms with Crippen molar-refractivity contribution in [1.29, 1.82) is 0 Å². The molecule has 0 bridgehead atoms. The van der Waals surface area contributed by atoms with Crippen LogP contribution in [-0.2, 0) is 4.74 Å². The molecule has 0 aliphatic carbocycles. The molecule has 4 nitrogen and oxygen atoms in total. The van der Waals surface area contributed by atoms with Gasteiger partial charge in [0.15, 0.2) is 0 Å². The number of carbonyl (C=O) groups excluding carboxylic acids is 1. The van der Waals surface area contributed by atoms with Crippen molar-refractivity contribution in [3.63, 3.8) is 0 Å². The second-order valence-corrected chi connectivity index (χ2v) is 5.06. The van der Waals surface area contributed by atoms with E-state index in [1.807, 2.05) is 31.2 Å². The van der Waals surface area contributed by atoms with Gasteiger partial charge in [-0.1, -0.05) is 12.1 Å². The third-order valence-corrected chi connectivity index (χ3v) is 3.96. The Morgan fingerprint density at radius 3 is 2.50 bits per heavy atom. The highest BCUT2D eigenvalue weighted by Crippen LogP contribution is 2.35. The molecule has 1 aromatic carbocycles. The molecule has 0 saturated heterocycles. The van der Waals surface area contributed by atoms with Crippen LogP contribution in [0.2, 0.25) is 0 Å². The summed E-state index contributed by atoms with van der Waals surface area (Å²) in [5.41, 5.74) is 3.08. The first-order valence-corrected chi connectivity index (χ1v) is 7.07. The number of rotatable bonds is 4. The molecule has 1 aromatic heterocycles. The molecule has 2 aromatic rings. The summed E-state index contributed by atoms with van der Waals surface area (Å²) in [6.07, 6.45) is 0. The van der Waals surface area contributed by atoms with Crippen molar-refractivity contribution in [3.05, 3.63) is 40.1 Å². The molecule has 0 amide bonds. The number of benzene rings is 1. The maximum atomic E-state index is 12.0. The van der Waals surface area contributed by atoms with E-state index in [4.69, 9.17) is 9.47 Å². The zero-order valence-corrected chi connectivity index (χ0v) is 13.2. The predicted molar refractivity (Wildman–Crippen MR) is 81.2 cm³/mol. The van der Waals surface area contributed by atoms with Crippen LogP contribution in [0.25, 0.3) is 11.1 Å². The summed E-state index contributed by atoms with van der Waals surface area (Å²) in [4.78, 5) is 15.1. The van der Waals surface area contributed by atoms with Gasteiger partial charge < -0.3 is 14.5 Å². The van der Waals surface area contributed by atoms with Crippen LogP contribution in [0.3, 0.4) is 0 Å². The first-order chi connectivity index (χ1) is 9.58. The van der Waals surface area contributed by atoms with Crippen LogP contribution < -0.4 is 4.74 Å². The second kappa shape index (κ2) is 6.13. The minimum atomic E-state index is -0.355. The molecule has 1 heterocycles. The predicted octanol–water partition coefficient (Wildman–Crippen LogP) is 3.94. The van der Waals surface area contributed by atoms with Gasteiger partial charge in [-0.15, -0.1) is 0 Å². The van der Waals surface area contributed by atoms with Gasteiger partial charge in [-0.05, 0) is 47.5 Å². The molecule has 1 N–H and O–H groups in total. The highest BCUT2D eigenvalue weighted by atomic mass is 79.9. The van der Waals surface area contributed by atoms with Crippen LogP contribution in [0.4, 0.5) is 0 Å². The lowest BCUT2D eigenvalue weighted by atomic mass is 10.1. The Labute approximate surface area is 126 Å². The third kappa shape index (κ3) is 2.72. The summed E-state index contributed by atoms with van der Waals surface area (Å²) in [5.74, 6) is 0.418. The molecule has 0 saturated carbocycles. The number of hydrogen-bond acceptors (Lipinski definition) is 3. The van der Waals surface area contributed by atoms with E-state index in [9.17, 15) is 4.79 Å². The number of aromatic amines is 1. The number of carbonyl (C=O) groups is 1. The maximum Gasteiger partial charge on any atom is 0.355 e. The molecule has 20 heavy (non-hydrogen) atoms. The van der Waals surface area contributed by atoms with Crippen molar-refractivity contribution in [2.75, 3.05) is 13.7 Å². The van der Waals surface area contributed by atoms with Crippen molar-refractivity contribution in [3.8, 4) is 16.9 Å². The van der Waals surface area contributed by atoms with E-state index in [0.29, 0.717) is 12.3 Å². The van der Waals surface area contributed by atoms with Crippen molar-refractivity contribution in [2.24, 2.45) is 0 Å². The number of hydrogen-bond donors (Lipinski definition) is 1. The summed E-state index contributed by atoms with van der Waals surface area (Å²) in [6, 6.07) is 7.54. The van der Waals surface area contributed by atoms with Gasteiger partial charge in [-0.2, -0.15) is 0 Å². The molecule has 0 unspecified atom stereocenters. The number of halogens is 1. The second-order valence-electron chi connectivity index (χ2n) is 4.26. The lowest BCUT2D eigenvalue weighted by Crippen LogP contribution is -2.06. The zero-order valence-electron chi connectivity index (χ0n) is 11.6. The van der Waals surface area contributed by atoms with E-state index in [1.165, 1.54) is 0 Å². The molecule has 0 spiro atoms. The number of nitrogens with one attached hydrogen (secondary N) is 1. The van der Waals surface area contributed by atoms with E-state index in [-0.39, 0.29) is 5.97 Å². The lowest BCUT2D eigenvalue weighted by molar-refractivity contribution is 0.0521. The van der Waals surface area contributed by atoms with Crippen LogP contribution in [-0.4, -0.2) is 24.7 Å². The molecule has 0 radical (unpaired) electrons. The first kappa shape index (κ1) is 14.7. The van der Waals surface area contributed by atoms with Crippen LogP contribution in [0.5, 0.6) is 5.75 Å². The Hall–Kier alpha value is -1.75. The summed E-state index contributed by atoms with van der Waals surface area (Å²) < 4.78 is 11.1. The SMILES string of the molecule is CCOC(=O)c1[nH]c(C)c(Br)c1-c1ccc(OC)cc1. The Bertz CT molecular complexity index is 617. The van der Waals surface area contributed by atoms with Gasteiger partial charge in [0, 0.05) is 15.7 Å². The minimum absolute atomic E-state index is 0.344. The average molecular weight is 338 g/mol. The summed E-state index contributed by atoms with van der Waals surface area (Å²) in [7, 11) is 1.62. The van der Waals surface area contributed by atoms with Crippen LogP contribution in [0.15, 0.2) is 28.7 Å². The molecule has 0 fully saturated rings. The lowest BCUT2D eigenvalue weighted by Gasteiger charge is -2.06. The monoisotopic (exact) mass is 337 g/mol. The third-order valence-electron chi connectivity index (χ3n) is 2.97. The van der Waals surface area contributed by atoms with E-state index >= 15 is 0 Å². The van der Waals surface area contributed by atoms with E-state index in [0.717, 1.165) is 27.0 Å². The highest BCUT2D eigenvalue weighted by Gasteiger charge is 2.21. The molecular formula is C15H16BrNO3. The summed E-state index contributed by atoms with van der Waals surface area (Å²) in [5, 5.41) is 0. The smallest absolute Gasteiger partial charge is 0.355 e. The average Bonchev–Trinajstić information content (AvgIpc) is 2.75.